The van der Waals surface area contributed by atoms with Crippen LogP contribution < -0.4 is 9.47 Å². The summed E-state index contributed by atoms with van der Waals surface area (Å²) in [6.45, 7) is 0.177. The fourth-order valence-corrected chi connectivity index (χ4v) is 2.58. The Kier molecular flexibility index (Phi) is 4.99. The number of rotatable bonds is 7. The Hall–Kier alpha value is -2.56. The van der Waals surface area contributed by atoms with E-state index in [0.717, 1.165) is 12.8 Å². The fourth-order valence-electron chi connectivity index (χ4n) is 2.58. The van der Waals surface area contributed by atoms with E-state index in [4.69, 9.17) is 9.47 Å². The topological polar surface area (TPSA) is 38.8 Å². The second kappa shape index (κ2) is 7.34. The van der Waals surface area contributed by atoms with Crippen LogP contribution in [0.15, 0.2) is 48.5 Å². The van der Waals surface area contributed by atoms with Crippen LogP contribution in [0.1, 0.15) is 18.4 Å². The van der Waals surface area contributed by atoms with Gasteiger partial charge in [-0.15, -0.1) is 0 Å². The quantitative estimate of drug-likeness (QED) is 0.781. The Morgan fingerprint density at radius 3 is 2.46 bits per heavy atom. The molecule has 4 nitrogen and oxygen atoms in total. The van der Waals surface area contributed by atoms with Gasteiger partial charge < -0.3 is 14.4 Å². The second-order valence-corrected chi connectivity index (χ2v) is 5.78. The smallest absolute Gasteiger partial charge is 0.261 e. The van der Waals surface area contributed by atoms with Crippen molar-refractivity contribution in [2.24, 2.45) is 0 Å². The predicted octanol–water partition coefficient (Wildman–Crippen LogP) is 3.40. The van der Waals surface area contributed by atoms with Crippen molar-refractivity contribution in [3.63, 3.8) is 0 Å². The minimum atomic E-state index is -0.290. The van der Waals surface area contributed by atoms with E-state index in [2.05, 4.69) is 0 Å². The van der Waals surface area contributed by atoms with E-state index in [1.807, 2.05) is 12.1 Å². The summed E-state index contributed by atoms with van der Waals surface area (Å²) in [7, 11) is 1.55. The highest BCUT2D eigenvalue weighted by molar-refractivity contribution is 5.78. The fraction of sp³-hybridized carbons (Fsp3) is 0.316. The first-order valence-electron chi connectivity index (χ1n) is 7.97. The van der Waals surface area contributed by atoms with Crippen LogP contribution in [0.25, 0.3) is 0 Å². The SMILES string of the molecule is COc1ccccc1OCC(=O)N(Cc1ccccc1F)C1CC1. The van der Waals surface area contributed by atoms with Crippen LogP contribution in [0, 0.1) is 5.82 Å². The molecule has 5 heteroatoms. The number of hydrogen-bond donors (Lipinski definition) is 0. The Bertz CT molecular complexity index is 715. The molecule has 126 valence electrons. The minimum Gasteiger partial charge on any atom is -0.493 e. The van der Waals surface area contributed by atoms with E-state index in [1.165, 1.54) is 6.07 Å². The van der Waals surface area contributed by atoms with Crippen LogP contribution >= 0.6 is 0 Å². The highest BCUT2D eigenvalue weighted by Gasteiger charge is 2.33. The number of halogens is 1. The average Bonchev–Trinajstić information content (AvgIpc) is 3.44. The highest BCUT2D eigenvalue weighted by atomic mass is 19.1. The van der Waals surface area contributed by atoms with Crippen molar-refractivity contribution in [3.8, 4) is 11.5 Å². The summed E-state index contributed by atoms with van der Waals surface area (Å²) in [5.74, 6) is 0.667. The molecule has 0 unspecified atom stereocenters. The molecule has 1 aliphatic rings. The van der Waals surface area contributed by atoms with Crippen molar-refractivity contribution in [2.75, 3.05) is 13.7 Å². The van der Waals surface area contributed by atoms with E-state index in [1.54, 1.807) is 42.3 Å². The van der Waals surface area contributed by atoms with Crippen LogP contribution in [0.2, 0.25) is 0 Å². The van der Waals surface area contributed by atoms with Crippen LogP contribution in [-0.2, 0) is 11.3 Å². The van der Waals surface area contributed by atoms with Crippen molar-refractivity contribution < 1.29 is 18.7 Å². The molecule has 2 aromatic carbocycles. The molecular formula is C19H20FNO3. The Morgan fingerprint density at radius 1 is 1.12 bits per heavy atom. The number of hydrogen-bond acceptors (Lipinski definition) is 3. The van der Waals surface area contributed by atoms with Gasteiger partial charge >= 0.3 is 0 Å². The van der Waals surface area contributed by atoms with Crippen LogP contribution in [0.3, 0.4) is 0 Å². The molecule has 1 amide bonds. The van der Waals surface area contributed by atoms with Gasteiger partial charge in [-0.05, 0) is 31.0 Å². The van der Waals surface area contributed by atoms with E-state index < -0.39 is 0 Å². The zero-order valence-electron chi connectivity index (χ0n) is 13.6. The summed E-state index contributed by atoms with van der Waals surface area (Å²) < 4.78 is 24.7. The Balaban J connectivity index is 1.66. The summed E-state index contributed by atoms with van der Waals surface area (Å²) in [5, 5.41) is 0. The first-order valence-corrected chi connectivity index (χ1v) is 7.97. The summed E-state index contributed by atoms with van der Waals surface area (Å²) >= 11 is 0. The van der Waals surface area contributed by atoms with Gasteiger partial charge in [-0.25, -0.2) is 4.39 Å². The van der Waals surface area contributed by atoms with Gasteiger partial charge in [0.1, 0.15) is 5.82 Å². The predicted molar refractivity (Wildman–Crippen MR) is 88.5 cm³/mol. The van der Waals surface area contributed by atoms with Crippen molar-refractivity contribution in [1.29, 1.82) is 0 Å². The van der Waals surface area contributed by atoms with Crippen molar-refractivity contribution in [1.82, 2.24) is 4.90 Å². The first kappa shape index (κ1) is 16.3. The maximum atomic E-state index is 13.9. The number of ether oxygens (including phenoxy) is 2. The first-order chi connectivity index (χ1) is 11.7. The van der Waals surface area contributed by atoms with Gasteiger partial charge in [0, 0.05) is 18.2 Å². The van der Waals surface area contributed by atoms with Gasteiger partial charge in [0.2, 0.25) is 0 Å². The number of carbonyl (C=O) groups excluding carboxylic acids is 1. The lowest BCUT2D eigenvalue weighted by atomic mass is 10.2. The third-order valence-electron chi connectivity index (χ3n) is 4.03. The molecule has 0 atom stereocenters. The maximum Gasteiger partial charge on any atom is 0.261 e. The van der Waals surface area contributed by atoms with Crippen LogP contribution in [-0.4, -0.2) is 30.6 Å². The van der Waals surface area contributed by atoms with Crippen molar-refractivity contribution in [2.45, 2.75) is 25.4 Å². The number of amides is 1. The van der Waals surface area contributed by atoms with Crippen LogP contribution in [0.5, 0.6) is 11.5 Å². The number of methoxy groups -OCH3 is 1. The van der Waals surface area contributed by atoms with E-state index in [9.17, 15) is 9.18 Å². The van der Waals surface area contributed by atoms with Gasteiger partial charge in [0.15, 0.2) is 18.1 Å². The molecule has 1 fully saturated rings. The van der Waals surface area contributed by atoms with Crippen molar-refractivity contribution in [3.05, 3.63) is 59.9 Å². The van der Waals surface area contributed by atoms with Gasteiger partial charge in [0.25, 0.3) is 5.91 Å². The molecule has 0 heterocycles. The molecule has 0 bridgehead atoms. The zero-order chi connectivity index (χ0) is 16.9. The lowest BCUT2D eigenvalue weighted by molar-refractivity contribution is -0.134. The third-order valence-corrected chi connectivity index (χ3v) is 4.03. The molecule has 0 N–H and O–H groups in total. The van der Waals surface area contributed by atoms with Gasteiger partial charge in [-0.1, -0.05) is 30.3 Å². The second-order valence-electron chi connectivity index (χ2n) is 5.78. The molecule has 2 aromatic rings. The number of nitrogens with zero attached hydrogens (tertiary/aromatic N) is 1. The summed E-state index contributed by atoms with van der Waals surface area (Å²) in [6.07, 6.45) is 1.91. The monoisotopic (exact) mass is 329 g/mol. The molecule has 1 aliphatic carbocycles. The van der Waals surface area contributed by atoms with E-state index in [0.29, 0.717) is 17.1 Å². The summed E-state index contributed by atoms with van der Waals surface area (Å²) in [4.78, 5) is 14.3. The van der Waals surface area contributed by atoms with E-state index >= 15 is 0 Å². The average molecular weight is 329 g/mol. The van der Waals surface area contributed by atoms with Gasteiger partial charge in [-0.2, -0.15) is 0 Å². The summed E-state index contributed by atoms with van der Waals surface area (Å²) in [6, 6.07) is 13.9. The molecule has 0 saturated heterocycles. The number of carbonyl (C=O) groups is 1. The van der Waals surface area contributed by atoms with Gasteiger partial charge in [-0.3, -0.25) is 4.79 Å². The maximum absolute atomic E-state index is 13.9. The molecule has 0 aliphatic heterocycles. The molecule has 0 aromatic heterocycles. The molecule has 0 radical (unpaired) electrons. The molecule has 1 saturated carbocycles. The normalized spacial score (nSPS) is 13.4. The molecule has 3 rings (SSSR count). The van der Waals surface area contributed by atoms with Gasteiger partial charge in [0.05, 0.1) is 7.11 Å². The third kappa shape index (κ3) is 3.85. The summed E-state index contributed by atoms with van der Waals surface area (Å²) in [5.41, 5.74) is 0.523. The molecule has 0 spiro atoms. The largest absolute Gasteiger partial charge is 0.493 e. The molecule has 24 heavy (non-hydrogen) atoms. The highest BCUT2D eigenvalue weighted by Crippen LogP contribution is 2.30. The van der Waals surface area contributed by atoms with Crippen LogP contribution in [0.4, 0.5) is 4.39 Å². The number of benzene rings is 2. The lowest BCUT2D eigenvalue weighted by Crippen LogP contribution is -2.36. The lowest BCUT2D eigenvalue weighted by Gasteiger charge is -2.23. The van der Waals surface area contributed by atoms with Crippen molar-refractivity contribution >= 4 is 5.91 Å². The van der Waals surface area contributed by atoms with E-state index in [-0.39, 0.29) is 30.9 Å². The zero-order valence-corrected chi connectivity index (χ0v) is 13.6. The standard InChI is InChI=1S/C19H20FNO3/c1-23-17-8-4-5-9-18(17)24-13-19(22)21(15-10-11-15)12-14-6-2-3-7-16(14)20/h2-9,15H,10-13H2,1H3. The minimum absolute atomic E-state index is 0.0919. The Morgan fingerprint density at radius 2 is 1.79 bits per heavy atom. The number of para-hydroxylation sites is 2. The Labute approximate surface area is 140 Å². The molecular weight excluding hydrogens is 309 g/mol.